The zero-order valence-corrected chi connectivity index (χ0v) is 15.3. The van der Waals surface area contributed by atoms with Crippen LogP contribution in [0.4, 0.5) is 5.69 Å². The number of hydrogen-bond donors (Lipinski definition) is 0. The SMILES string of the molecule is Cc1ccc(N2CCN(C(=O)[C@@H]3CCCN3S(C)(=O)=O)CC2=O)cc1. The number of sulfonamides is 1. The average Bonchev–Trinajstić information content (AvgIpc) is 3.05. The lowest BCUT2D eigenvalue weighted by molar-refractivity contribution is -0.139. The van der Waals surface area contributed by atoms with E-state index in [2.05, 4.69) is 0 Å². The molecule has 1 atom stereocenters. The fourth-order valence-corrected chi connectivity index (χ4v) is 4.57. The summed E-state index contributed by atoms with van der Waals surface area (Å²) in [5, 5.41) is 0. The Hall–Kier alpha value is -1.93. The molecule has 2 heterocycles. The normalized spacial score (nSPS) is 22.5. The highest BCUT2D eigenvalue weighted by Gasteiger charge is 2.40. The van der Waals surface area contributed by atoms with Gasteiger partial charge in [-0.3, -0.25) is 9.59 Å². The molecule has 7 nitrogen and oxygen atoms in total. The second-order valence-electron chi connectivity index (χ2n) is 6.67. The lowest BCUT2D eigenvalue weighted by Gasteiger charge is -2.36. The van der Waals surface area contributed by atoms with E-state index in [1.807, 2.05) is 31.2 Å². The number of hydrogen-bond acceptors (Lipinski definition) is 4. The third-order valence-corrected chi connectivity index (χ3v) is 6.08. The van der Waals surface area contributed by atoms with Crippen molar-refractivity contribution in [3.63, 3.8) is 0 Å². The number of benzene rings is 1. The summed E-state index contributed by atoms with van der Waals surface area (Å²) in [5.74, 6) is -0.410. The minimum Gasteiger partial charge on any atom is -0.330 e. The van der Waals surface area contributed by atoms with Crippen LogP contribution in [0.3, 0.4) is 0 Å². The fraction of sp³-hybridized carbons (Fsp3) is 0.529. The molecule has 1 aromatic carbocycles. The van der Waals surface area contributed by atoms with Gasteiger partial charge in [0.2, 0.25) is 21.8 Å². The number of aryl methyl sites for hydroxylation is 1. The second-order valence-corrected chi connectivity index (χ2v) is 8.61. The van der Waals surface area contributed by atoms with E-state index < -0.39 is 16.1 Å². The standard InChI is InChI=1S/C17H23N3O4S/c1-13-5-7-14(8-6-13)19-11-10-18(12-16(19)21)17(22)15-4-3-9-20(15)25(2,23)24/h5-8,15H,3-4,9-12H2,1-2H3/t15-/m0/s1. The van der Waals surface area contributed by atoms with Crippen molar-refractivity contribution in [3.8, 4) is 0 Å². The molecule has 8 heteroatoms. The summed E-state index contributed by atoms with van der Waals surface area (Å²) >= 11 is 0. The number of anilines is 1. The molecule has 2 aliphatic heterocycles. The molecule has 3 rings (SSSR count). The van der Waals surface area contributed by atoms with Crippen molar-refractivity contribution in [2.75, 3.05) is 37.3 Å². The maximum atomic E-state index is 12.7. The topological polar surface area (TPSA) is 78.0 Å². The Labute approximate surface area is 148 Å². The molecular formula is C17H23N3O4S. The zero-order chi connectivity index (χ0) is 18.2. The summed E-state index contributed by atoms with van der Waals surface area (Å²) in [6.45, 7) is 3.16. The first-order valence-corrected chi connectivity index (χ1v) is 10.2. The van der Waals surface area contributed by atoms with Crippen LogP contribution in [0.1, 0.15) is 18.4 Å². The van der Waals surface area contributed by atoms with Crippen LogP contribution in [0.15, 0.2) is 24.3 Å². The van der Waals surface area contributed by atoms with E-state index in [-0.39, 0.29) is 18.4 Å². The lowest BCUT2D eigenvalue weighted by Crippen LogP contribution is -2.56. The van der Waals surface area contributed by atoms with E-state index in [0.717, 1.165) is 17.5 Å². The number of carbonyl (C=O) groups is 2. The van der Waals surface area contributed by atoms with Gasteiger partial charge in [-0.1, -0.05) is 17.7 Å². The first-order valence-electron chi connectivity index (χ1n) is 8.40. The van der Waals surface area contributed by atoms with E-state index in [0.29, 0.717) is 32.5 Å². The van der Waals surface area contributed by atoms with Crippen LogP contribution in [0.25, 0.3) is 0 Å². The highest BCUT2D eigenvalue weighted by molar-refractivity contribution is 7.88. The van der Waals surface area contributed by atoms with Gasteiger partial charge >= 0.3 is 0 Å². The number of rotatable bonds is 3. The minimum absolute atomic E-state index is 0.0131. The Kier molecular flexibility index (Phi) is 4.83. The predicted molar refractivity (Wildman–Crippen MR) is 94.7 cm³/mol. The van der Waals surface area contributed by atoms with Crippen molar-refractivity contribution in [2.45, 2.75) is 25.8 Å². The van der Waals surface area contributed by atoms with Crippen LogP contribution in [0.2, 0.25) is 0 Å². The van der Waals surface area contributed by atoms with Gasteiger partial charge in [-0.05, 0) is 31.9 Å². The predicted octanol–water partition coefficient (Wildman–Crippen LogP) is 0.594. The molecule has 2 saturated heterocycles. The Balaban J connectivity index is 1.69. The van der Waals surface area contributed by atoms with Crippen LogP contribution in [0.5, 0.6) is 0 Å². The smallest absolute Gasteiger partial charge is 0.246 e. The molecule has 0 N–H and O–H groups in total. The minimum atomic E-state index is -3.42. The van der Waals surface area contributed by atoms with Crippen molar-refractivity contribution in [1.29, 1.82) is 0 Å². The van der Waals surface area contributed by atoms with Gasteiger partial charge < -0.3 is 9.80 Å². The van der Waals surface area contributed by atoms with Crippen molar-refractivity contribution >= 4 is 27.5 Å². The highest BCUT2D eigenvalue weighted by Crippen LogP contribution is 2.24. The van der Waals surface area contributed by atoms with Crippen LogP contribution in [0, 0.1) is 6.92 Å². The van der Waals surface area contributed by atoms with Crippen molar-refractivity contribution in [2.24, 2.45) is 0 Å². The van der Waals surface area contributed by atoms with Gasteiger partial charge in [-0.15, -0.1) is 0 Å². The van der Waals surface area contributed by atoms with E-state index in [1.165, 1.54) is 9.21 Å². The highest BCUT2D eigenvalue weighted by atomic mass is 32.2. The van der Waals surface area contributed by atoms with Crippen LogP contribution < -0.4 is 4.90 Å². The van der Waals surface area contributed by atoms with Gasteiger partial charge in [0.25, 0.3) is 0 Å². The Morgan fingerprint density at radius 3 is 2.40 bits per heavy atom. The van der Waals surface area contributed by atoms with E-state index in [1.54, 1.807) is 4.90 Å². The van der Waals surface area contributed by atoms with E-state index >= 15 is 0 Å². The molecule has 2 amide bonds. The lowest BCUT2D eigenvalue weighted by atomic mass is 10.1. The number of carbonyl (C=O) groups excluding carboxylic acids is 2. The molecular weight excluding hydrogens is 342 g/mol. The molecule has 2 fully saturated rings. The largest absolute Gasteiger partial charge is 0.330 e. The van der Waals surface area contributed by atoms with Crippen molar-refractivity contribution in [1.82, 2.24) is 9.21 Å². The number of piperazine rings is 1. The first-order chi connectivity index (χ1) is 11.8. The van der Waals surface area contributed by atoms with Crippen LogP contribution in [-0.4, -0.2) is 67.9 Å². The first kappa shape index (κ1) is 17.9. The molecule has 25 heavy (non-hydrogen) atoms. The maximum absolute atomic E-state index is 12.7. The molecule has 2 aliphatic rings. The quantitative estimate of drug-likeness (QED) is 0.786. The fourth-order valence-electron chi connectivity index (χ4n) is 3.45. The van der Waals surface area contributed by atoms with Gasteiger partial charge in [0.15, 0.2) is 0 Å². The van der Waals surface area contributed by atoms with Gasteiger partial charge in [0.05, 0.1) is 6.26 Å². The van der Waals surface area contributed by atoms with Gasteiger partial charge in [-0.25, -0.2) is 8.42 Å². The molecule has 0 radical (unpaired) electrons. The van der Waals surface area contributed by atoms with Gasteiger partial charge in [0, 0.05) is 25.3 Å². The maximum Gasteiger partial charge on any atom is 0.246 e. The molecule has 0 aliphatic carbocycles. The molecule has 0 bridgehead atoms. The summed E-state index contributed by atoms with van der Waals surface area (Å²) in [5.41, 5.74) is 1.94. The molecule has 0 spiro atoms. The molecule has 0 saturated carbocycles. The molecule has 0 aromatic heterocycles. The number of amides is 2. The Bertz CT molecular complexity index is 776. The summed E-state index contributed by atoms with van der Waals surface area (Å²) in [7, 11) is -3.42. The van der Waals surface area contributed by atoms with Crippen molar-refractivity contribution < 1.29 is 18.0 Å². The third kappa shape index (κ3) is 3.69. The second kappa shape index (κ2) is 6.76. The third-order valence-electron chi connectivity index (χ3n) is 4.79. The monoisotopic (exact) mass is 365 g/mol. The zero-order valence-electron chi connectivity index (χ0n) is 14.5. The van der Waals surface area contributed by atoms with Gasteiger partial charge in [0.1, 0.15) is 12.6 Å². The van der Waals surface area contributed by atoms with Crippen molar-refractivity contribution in [3.05, 3.63) is 29.8 Å². The van der Waals surface area contributed by atoms with E-state index in [4.69, 9.17) is 0 Å². The summed E-state index contributed by atoms with van der Waals surface area (Å²) in [6.07, 6.45) is 2.30. The Morgan fingerprint density at radius 2 is 1.80 bits per heavy atom. The van der Waals surface area contributed by atoms with Gasteiger partial charge in [-0.2, -0.15) is 4.31 Å². The summed E-state index contributed by atoms with van der Waals surface area (Å²) in [6, 6.07) is 7.01. The number of nitrogens with zero attached hydrogens (tertiary/aromatic N) is 3. The molecule has 1 aromatic rings. The average molecular weight is 365 g/mol. The molecule has 0 unspecified atom stereocenters. The Morgan fingerprint density at radius 1 is 1.12 bits per heavy atom. The summed E-state index contributed by atoms with van der Waals surface area (Å²) in [4.78, 5) is 28.4. The van der Waals surface area contributed by atoms with Crippen LogP contribution in [-0.2, 0) is 19.6 Å². The summed E-state index contributed by atoms with van der Waals surface area (Å²) < 4.78 is 24.9. The van der Waals surface area contributed by atoms with E-state index in [9.17, 15) is 18.0 Å². The van der Waals surface area contributed by atoms with Crippen LogP contribution >= 0.6 is 0 Å². The molecule has 136 valence electrons.